The molecule has 0 spiro atoms. The molecule has 5 aromatic heterocycles. The van der Waals surface area contributed by atoms with E-state index in [2.05, 4.69) is 455 Å². The van der Waals surface area contributed by atoms with Gasteiger partial charge in [-0.05, 0) is 189 Å². The minimum atomic E-state index is 0. The SMILES string of the molecule is [Ir+3].[Ir+3].[c-]1cc(-c2ccccc2-c2cc(-c3ccccc3-c3c[c-]c4c(c3)c3cccc5c6cc(-c7ccccc7-c7cc(-c8ccccc8-c8c[c-]c(-c9ccccn9)cc8-c8ccccc8)cc(-c8ccccc8-c8c[c-]c(-c9ccccn9)cc8-c8ccccc8)c7)c[c-]c6c6ncnc4c6c35)cc(-c3ccccc3-c3c[c-]c(-c4ccccn4)cc3-c3ccccc3)c2)c(-c2ccccc2)cc1-c1ccccn1. The predicted octanol–water partition coefficient (Wildman–Crippen LogP) is 35.4. The van der Waals surface area contributed by atoms with Crippen molar-refractivity contribution in [3.05, 3.63) is 535 Å². The van der Waals surface area contributed by atoms with E-state index in [0.29, 0.717) is 0 Å². The molecule has 0 bridgehead atoms. The maximum absolute atomic E-state index is 5.26. The molecule has 0 aliphatic rings. The second-order valence-electron chi connectivity index (χ2n) is 36.4. The predicted molar refractivity (Wildman–Crippen MR) is 594 cm³/mol. The molecule has 0 saturated carbocycles. The molecule has 0 fully saturated rings. The average Bonchev–Trinajstić information content (AvgIpc) is 0.697. The van der Waals surface area contributed by atoms with Gasteiger partial charge in [-0.25, -0.2) is 0 Å². The molecular formula is C138H82Ir2N6. The number of pyridine rings is 4. The van der Waals surface area contributed by atoms with Crippen LogP contribution >= 0.6 is 0 Å². The monoisotopic (exact) mass is 2210 g/mol. The van der Waals surface area contributed by atoms with E-state index in [0.717, 1.165) is 277 Å². The van der Waals surface area contributed by atoms with Gasteiger partial charge in [-0.2, -0.15) is 0 Å². The van der Waals surface area contributed by atoms with Crippen molar-refractivity contribution >= 4 is 54.1 Å². The van der Waals surface area contributed by atoms with Crippen molar-refractivity contribution in [1.29, 1.82) is 0 Å². The molecule has 26 aromatic rings. The summed E-state index contributed by atoms with van der Waals surface area (Å²) in [7, 11) is 0. The van der Waals surface area contributed by atoms with Crippen molar-refractivity contribution in [1.82, 2.24) is 29.9 Å². The van der Waals surface area contributed by atoms with Gasteiger partial charge in [-0.3, -0.25) is 9.97 Å². The molecule has 0 N–H and O–H groups in total. The zero-order valence-electron chi connectivity index (χ0n) is 78.7. The Bertz CT molecular complexity index is 8510. The third-order valence-corrected chi connectivity index (χ3v) is 28.1. The number of fused-ring (bicyclic) bond motifs is 6. The average molecular weight is 2210 g/mol. The normalized spacial score (nSPS) is 11.3. The smallest absolute Gasteiger partial charge is 0.305 e. The van der Waals surface area contributed by atoms with E-state index < -0.39 is 0 Å². The van der Waals surface area contributed by atoms with Crippen molar-refractivity contribution < 1.29 is 40.2 Å². The second kappa shape index (κ2) is 39.6. The second-order valence-corrected chi connectivity index (χ2v) is 36.4. The van der Waals surface area contributed by atoms with Crippen molar-refractivity contribution in [2.45, 2.75) is 0 Å². The fraction of sp³-hybridized carbons (Fsp3) is 0. The molecule has 146 heavy (non-hydrogen) atoms. The zero-order valence-corrected chi connectivity index (χ0v) is 83.5. The fourth-order valence-corrected chi connectivity index (χ4v) is 21.4. The molecule has 6 nitrogen and oxygen atoms in total. The quantitative estimate of drug-likeness (QED) is 0.0430. The summed E-state index contributed by atoms with van der Waals surface area (Å²) in [6, 6.07) is 191. The molecule has 21 aromatic carbocycles. The molecular weight excluding hydrogens is 2130 g/mol. The first-order chi connectivity index (χ1) is 71.4. The fourth-order valence-electron chi connectivity index (χ4n) is 21.4. The number of hydrogen-bond donors (Lipinski definition) is 0. The van der Waals surface area contributed by atoms with Crippen LogP contribution in [0, 0.1) is 36.4 Å². The maximum Gasteiger partial charge on any atom is 3.00 e. The first-order valence-electron chi connectivity index (χ1n) is 48.5. The number of aromatic nitrogens is 6. The molecule has 0 amide bonds. The van der Waals surface area contributed by atoms with E-state index in [-0.39, 0.29) is 40.2 Å². The van der Waals surface area contributed by atoms with Crippen LogP contribution < -0.4 is 0 Å². The van der Waals surface area contributed by atoms with Gasteiger partial charge in [0.25, 0.3) is 0 Å². The van der Waals surface area contributed by atoms with E-state index in [4.69, 9.17) is 29.9 Å². The van der Waals surface area contributed by atoms with E-state index in [9.17, 15) is 0 Å². The molecule has 0 aliphatic heterocycles. The third kappa shape index (κ3) is 16.9. The van der Waals surface area contributed by atoms with Crippen molar-refractivity contribution in [2.24, 2.45) is 0 Å². The molecule has 0 radical (unpaired) electrons. The van der Waals surface area contributed by atoms with Gasteiger partial charge in [0.1, 0.15) is 0 Å². The molecule has 26 rings (SSSR count). The van der Waals surface area contributed by atoms with Gasteiger partial charge < -0.3 is 19.9 Å². The number of hydrogen-bond acceptors (Lipinski definition) is 6. The summed E-state index contributed by atoms with van der Waals surface area (Å²) in [5.41, 5.74) is 42.8. The molecule has 0 atom stereocenters. The number of nitrogens with zero attached hydrogens (tertiary/aromatic N) is 6. The van der Waals surface area contributed by atoms with Gasteiger partial charge in [0.15, 0.2) is 0 Å². The summed E-state index contributed by atoms with van der Waals surface area (Å²) in [6.45, 7) is 0. The first-order valence-corrected chi connectivity index (χ1v) is 48.5. The van der Waals surface area contributed by atoms with E-state index >= 15 is 0 Å². The molecule has 0 unspecified atom stereocenters. The number of rotatable bonds is 20. The third-order valence-electron chi connectivity index (χ3n) is 28.1. The minimum absolute atomic E-state index is 0. The van der Waals surface area contributed by atoms with Crippen molar-refractivity contribution in [3.63, 3.8) is 0 Å². The van der Waals surface area contributed by atoms with Crippen LogP contribution in [0.1, 0.15) is 0 Å². The van der Waals surface area contributed by atoms with E-state index in [1.54, 1.807) is 6.33 Å². The van der Waals surface area contributed by atoms with Crippen LogP contribution in [-0.4, -0.2) is 29.9 Å². The maximum atomic E-state index is 5.26. The summed E-state index contributed by atoms with van der Waals surface area (Å²) in [5, 5.41) is 8.14. The summed E-state index contributed by atoms with van der Waals surface area (Å²) < 4.78 is 0. The van der Waals surface area contributed by atoms with Crippen molar-refractivity contribution in [3.8, 4) is 223 Å². The van der Waals surface area contributed by atoms with Gasteiger partial charge in [0.2, 0.25) is 0 Å². The Balaban J connectivity index is 0.00000571. The van der Waals surface area contributed by atoms with Crippen LogP contribution in [0.4, 0.5) is 0 Å². The summed E-state index contributed by atoms with van der Waals surface area (Å²) in [6.07, 6.45) is 9.11. The van der Waals surface area contributed by atoms with E-state index in [1.807, 2.05) is 73.3 Å². The molecule has 0 aliphatic carbocycles. The van der Waals surface area contributed by atoms with Gasteiger partial charge in [0.05, 0.1) is 6.33 Å². The van der Waals surface area contributed by atoms with Gasteiger partial charge >= 0.3 is 40.2 Å². The van der Waals surface area contributed by atoms with Crippen LogP contribution in [0.15, 0.2) is 498 Å². The Hall–Kier alpha value is -17.8. The summed E-state index contributed by atoms with van der Waals surface area (Å²) in [5.74, 6) is 0. The van der Waals surface area contributed by atoms with Crippen LogP contribution in [-0.2, 0) is 40.2 Å². The Kier molecular flexibility index (Phi) is 24.6. The van der Waals surface area contributed by atoms with Gasteiger partial charge in [-0.1, -0.05) is 450 Å². The Morgan fingerprint density at radius 2 is 0.377 bits per heavy atom. The van der Waals surface area contributed by atoms with Crippen LogP contribution in [0.2, 0.25) is 0 Å². The van der Waals surface area contributed by atoms with Crippen molar-refractivity contribution in [2.75, 3.05) is 0 Å². The summed E-state index contributed by atoms with van der Waals surface area (Å²) in [4.78, 5) is 29.8. The molecule has 8 heteroatoms. The van der Waals surface area contributed by atoms with Gasteiger partial charge in [-0.15, -0.1) is 142 Å². The zero-order chi connectivity index (χ0) is 95.3. The van der Waals surface area contributed by atoms with E-state index in [1.165, 1.54) is 0 Å². The largest absolute Gasteiger partial charge is 3.00 e. The topological polar surface area (TPSA) is 77.3 Å². The Labute approximate surface area is 874 Å². The molecule has 682 valence electrons. The molecule has 0 saturated heterocycles. The molecule has 5 heterocycles. The first kappa shape index (κ1) is 90.7. The number of benzene rings is 21. The van der Waals surface area contributed by atoms with Crippen LogP contribution in [0.25, 0.3) is 277 Å². The Morgan fingerprint density at radius 1 is 0.144 bits per heavy atom. The van der Waals surface area contributed by atoms with Crippen LogP contribution in [0.3, 0.4) is 0 Å². The van der Waals surface area contributed by atoms with Gasteiger partial charge in [0, 0.05) is 24.8 Å². The van der Waals surface area contributed by atoms with Crippen LogP contribution in [0.5, 0.6) is 0 Å². The Morgan fingerprint density at radius 3 is 0.630 bits per heavy atom. The minimum Gasteiger partial charge on any atom is -0.305 e. The summed E-state index contributed by atoms with van der Waals surface area (Å²) >= 11 is 0. The standard InChI is InChI=1S/C138H82N6.2Ir/c1-5-34-89(35-6-1)125-84-95(131-56-25-29-72-139-131)62-66-117(125)113-50-21-17-46-109(113)101-76-99(77-102(80-101)110-47-18-22-51-114(110)118-67-63-96(132-57-26-30-73-140-132)85-126(118)90-36-7-2-8-37-90)107-44-15-13-42-105(107)93-60-70-123-129(82-93)121-54-33-55-122-130-83-94(61-71-124(130)138-136(135(121)122)137(123)143-88-144-138)106-43-14-16-45-108(106)100-78-103(111-48-19-23-52-115(111)119-68-64-97(133-58-27-31-74-141-133)86-127(119)91-38-9-3-10-39-91)81-104(79-100)112-49-20-24-53-116(112)120-69-65-98(134-59-28-32-75-142-134)87-128(120)92-40-11-4-12-41-92;;/h1-61,66-69,72-88H;;/q-6;2*+3.